The Balaban J connectivity index is 2.46. The maximum atomic E-state index is 8.11. The summed E-state index contributed by atoms with van der Waals surface area (Å²) in [7, 11) is 0. The van der Waals surface area contributed by atoms with Crippen LogP contribution in [0.2, 0.25) is 0 Å². The van der Waals surface area contributed by atoms with Gasteiger partial charge in [0.2, 0.25) is 12.1 Å². The zero-order valence-electron chi connectivity index (χ0n) is 4.61. The maximum Gasteiger partial charge on any atom is 0.230 e. The molecule has 0 aromatic rings. The Labute approximate surface area is 51.8 Å². The largest absolute Gasteiger partial charge is 0.469 e. The molecule has 1 unspecified atom stereocenters. The molecule has 0 saturated heterocycles. The van der Waals surface area contributed by atoms with Crippen LogP contribution >= 0.6 is 0 Å². The molecule has 1 atom stereocenters. The summed E-state index contributed by atoms with van der Waals surface area (Å²) in [6.07, 6.45) is 2.50. The number of oxime groups is 1. The van der Waals surface area contributed by atoms with E-state index in [1.807, 2.05) is 0 Å². The molecule has 1 heterocycles. The average molecular weight is 129 g/mol. The van der Waals surface area contributed by atoms with Gasteiger partial charge in [0, 0.05) is 6.20 Å². The Morgan fingerprint density at radius 3 is 3.11 bits per heavy atom. The minimum absolute atomic E-state index is 0.0139. The Morgan fingerprint density at radius 2 is 2.67 bits per heavy atom. The van der Waals surface area contributed by atoms with Crippen molar-refractivity contribution in [1.82, 2.24) is 5.32 Å². The number of nitrogens with one attached hydrogen (secondary N) is 1. The van der Waals surface area contributed by atoms with Crippen LogP contribution in [0.3, 0.4) is 0 Å². The van der Waals surface area contributed by atoms with Gasteiger partial charge in [-0.05, 0) is 0 Å². The van der Waals surface area contributed by atoms with E-state index in [1.54, 1.807) is 6.20 Å². The fraction of sp³-hybridized carbons (Fsp3) is 0.250. The zero-order chi connectivity index (χ0) is 6.69. The average Bonchev–Trinajstić information content (AvgIpc) is 2.37. The number of amidine groups is 1. The zero-order valence-corrected chi connectivity index (χ0v) is 4.61. The van der Waals surface area contributed by atoms with Gasteiger partial charge in [0.25, 0.3) is 0 Å². The quantitative estimate of drug-likeness (QED) is 0.186. The lowest BCUT2D eigenvalue weighted by molar-refractivity contribution is 0.204. The van der Waals surface area contributed by atoms with Crippen molar-refractivity contribution in [1.29, 1.82) is 0 Å². The highest BCUT2D eigenvalue weighted by Crippen LogP contribution is 1.95. The summed E-state index contributed by atoms with van der Waals surface area (Å²) in [6.45, 7) is 0. The molecule has 0 saturated carbocycles. The van der Waals surface area contributed by atoms with Crippen molar-refractivity contribution >= 4 is 5.84 Å². The second kappa shape index (κ2) is 2.25. The van der Waals surface area contributed by atoms with E-state index >= 15 is 0 Å². The summed E-state index contributed by atoms with van der Waals surface area (Å²) in [4.78, 5) is 0. The van der Waals surface area contributed by atoms with Crippen LogP contribution in [0.15, 0.2) is 17.6 Å². The summed E-state index contributed by atoms with van der Waals surface area (Å²) in [6, 6.07) is 0. The van der Waals surface area contributed by atoms with Gasteiger partial charge in [0.1, 0.15) is 6.26 Å². The third kappa shape index (κ3) is 1.04. The molecule has 0 aromatic carbocycles. The molecule has 0 fully saturated rings. The van der Waals surface area contributed by atoms with E-state index in [9.17, 15) is 0 Å². The Morgan fingerprint density at radius 1 is 1.89 bits per heavy atom. The van der Waals surface area contributed by atoms with Crippen molar-refractivity contribution in [2.45, 2.75) is 6.23 Å². The van der Waals surface area contributed by atoms with E-state index in [1.165, 1.54) is 6.26 Å². The number of hydrogen-bond acceptors (Lipinski definition) is 4. The van der Waals surface area contributed by atoms with Gasteiger partial charge in [-0.15, -0.1) is 0 Å². The smallest absolute Gasteiger partial charge is 0.230 e. The molecule has 1 aliphatic rings. The van der Waals surface area contributed by atoms with Crippen LogP contribution in [0.25, 0.3) is 0 Å². The van der Waals surface area contributed by atoms with Crippen LogP contribution in [0.5, 0.6) is 0 Å². The van der Waals surface area contributed by atoms with E-state index < -0.39 is 6.23 Å². The number of hydrogen-bond donors (Lipinski definition) is 3. The van der Waals surface area contributed by atoms with Crippen molar-refractivity contribution in [2.24, 2.45) is 10.9 Å². The number of rotatable bonds is 1. The monoisotopic (exact) mass is 129 g/mol. The Bertz CT molecular complexity index is 146. The molecule has 1 aliphatic heterocycles. The van der Waals surface area contributed by atoms with Crippen molar-refractivity contribution in [3.63, 3.8) is 0 Å². The molecule has 0 spiro atoms. The van der Waals surface area contributed by atoms with Gasteiger partial charge >= 0.3 is 0 Å². The molecule has 0 aliphatic carbocycles. The van der Waals surface area contributed by atoms with Crippen LogP contribution in [0.1, 0.15) is 0 Å². The molecule has 1 rings (SSSR count). The molecule has 4 N–H and O–H groups in total. The number of nitrogens with two attached hydrogens (primary N) is 1. The third-order valence-electron chi connectivity index (χ3n) is 0.914. The lowest BCUT2D eigenvalue weighted by Gasteiger charge is -2.06. The van der Waals surface area contributed by atoms with Crippen molar-refractivity contribution < 1.29 is 9.94 Å². The minimum atomic E-state index is -0.505. The number of ether oxygens (including phenoxy) is 1. The molecular weight excluding hydrogens is 122 g/mol. The second-order valence-electron chi connectivity index (χ2n) is 1.51. The number of nitrogens with zero attached hydrogens (tertiary/aromatic N) is 1. The van der Waals surface area contributed by atoms with Gasteiger partial charge in [-0.3, -0.25) is 0 Å². The summed E-state index contributed by atoms with van der Waals surface area (Å²) in [5.41, 5.74) is 5.15. The first-order valence-electron chi connectivity index (χ1n) is 2.38. The van der Waals surface area contributed by atoms with E-state index in [0.29, 0.717) is 0 Å². The summed E-state index contributed by atoms with van der Waals surface area (Å²) in [5.74, 6) is 0.0139. The van der Waals surface area contributed by atoms with Gasteiger partial charge in [0.05, 0.1) is 0 Å². The predicted molar refractivity (Wildman–Crippen MR) is 30.6 cm³/mol. The van der Waals surface area contributed by atoms with Crippen molar-refractivity contribution in [3.05, 3.63) is 12.5 Å². The molecule has 5 heteroatoms. The summed E-state index contributed by atoms with van der Waals surface area (Å²) >= 11 is 0. The van der Waals surface area contributed by atoms with Crippen molar-refractivity contribution in [2.75, 3.05) is 0 Å². The predicted octanol–water partition coefficient (Wildman–Crippen LogP) is -0.850. The van der Waals surface area contributed by atoms with E-state index in [-0.39, 0.29) is 5.84 Å². The van der Waals surface area contributed by atoms with Crippen LogP contribution in [0.4, 0.5) is 0 Å². The lowest BCUT2D eigenvalue weighted by Crippen LogP contribution is -2.36. The molecular formula is C4H7N3O2. The van der Waals surface area contributed by atoms with Crippen LogP contribution in [-0.4, -0.2) is 17.3 Å². The Kier molecular flexibility index (Phi) is 1.44. The van der Waals surface area contributed by atoms with Crippen molar-refractivity contribution in [3.8, 4) is 0 Å². The fourth-order valence-electron chi connectivity index (χ4n) is 0.491. The van der Waals surface area contributed by atoms with Gasteiger partial charge in [-0.1, -0.05) is 5.16 Å². The van der Waals surface area contributed by atoms with Gasteiger partial charge in [-0.25, -0.2) is 0 Å². The first-order valence-corrected chi connectivity index (χ1v) is 2.38. The first-order chi connectivity index (χ1) is 4.34. The fourth-order valence-corrected chi connectivity index (χ4v) is 0.491. The first kappa shape index (κ1) is 5.74. The highest BCUT2D eigenvalue weighted by molar-refractivity contribution is 5.84. The van der Waals surface area contributed by atoms with Gasteiger partial charge in [-0.2, -0.15) is 0 Å². The summed E-state index contributed by atoms with van der Waals surface area (Å²) in [5, 5.41) is 13.5. The highest BCUT2D eigenvalue weighted by Gasteiger charge is 2.14. The summed E-state index contributed by atoms with van der Waals surface area (Å²) < 4.78 is 4.80. The van der Waals surface area contributed by atoms with Crippen LogP contribution < -0.4 is 11.1 Å². The van der Waals surface area contributed by atoms with E-state index in [2.05, 4.69) is 10.5 Å². The molecule has 9 heavy (non-hydrogen) atoms. The Hall–Kier alpha value is -1.39. The minimum Gasteiger partial charge on any atom is -0.469 e. The maximum absolute atomic E-state index is 8.11. The second-order valence-corrected chi connectivity index (χ2v) is 1.51. The molecule has 5 nitrogen and oxygen atoms in total. The highest BCUT2D eigenvalue weighted by atomic mass is 16.5. The SMILES string of the molecule is N/C(=N\O)C1NC=CO1. The molecule has 0 bridgehead atoms. The molecule has 50 valence electrons. The normalized spacial score (nSPS) is 25.3. The van der Waals surface area contributed by atoms with Gasteiger partial charge < -0.3 is 21.0 Å². The van der Waals surface area contributed by atoms with Crippen LogP contribution in [0, 0.1) is 0 Å². The standard InChI is InChI=1S/C4H7N3O2/c5-3(7-8)4-6-1-2-9-4/h1-2,4,6,8H,(H2,5,7). The van der Waals surface area contributed by atoms with E-state index in [0.717, 1.165) is 0 Å². The lowest BCUT2D eigenvalue weighted by atomic mass is 10.5. The molecule has 0 amide bonds. The van der Waals surface area contributed by atoms with E-state index in [4.69, 9.17) is 15.7 Å². The molecule has 0 aromatic heterocycles. The van der Waals surface area contributed by atoms with Gasteiger partial charge in [0.15, 0.2) is 0 Å². The topological polar surface area (TPSA) is 79.9 Å². The molecule has 0 radical (unpaired) electrons. The third-order valence-corrected chi connectivity index (χ3v) is 0.914. The van der Waals surface area contributed by atoms with Crippen LogP contribution in [-0.2, 0) is 4.74 Å².